The first-order chi connectivity index (χ1) is 8.63. The zero-order valence-electron chi connectivity index (χ0n) is 10.6. The predicted molar refractivity (Wildman–Crippen MR) is 69.4 cm³/mol. The molecule has 1 aromatic carbocycles. The van der Waals surface area contributed by atoms with Gasteiger partial charge in [-0.25, -0.2) is 0 Å². The summed E-state index contributed by atoms with van der Waals surface area (Å²) in [6, 6.07) is 9.55. The molecule has 1 aliphatic rings. The smallest absolute Gasteiger partial charge is 0.0992 e. The van der Waals surface area contributed by atoms with Crippen molar-refractivity contribution >= 4 is 5.69 Å². The van der Waals surface area contributed by atoms with Crippen LogP contribution in [0.15, 0.2) is 24.3 Å². The van der Waals surface area contributed by atoms with Gasteiger partial charge in [0.2, 0.25) is 0 Å². The van der Waals surface area contributed by atoms with Crippen molar-refractivity contribution < 1.29 is 9.84 Å². The monoisotopic (exact) mass is 246 g/mol. The Hall–Kier alpha value is -1.57. The third-order valence-corrected chi connectivity index (χ3v) is 3.37. The van der Waals surface area contributed by atoms with Gasteiger partial charge in [-0.3, -0.25) is 0 Å². The quantitative estimate of drug-likeness (QED) is 0.879. The molecule has 18 heavy (non-hydrogen) atoms. The lowest BCUT2D eigenvalue weighted by Gasteiger charge is -2.36. The number of anilines is 1. The van der Waals surface area contributed by atoms with E-state index in [0.717, 1.165) is 5.69 Å². The van der Waals surface area contributed by atoms with Gasteiger partial charge in [0.1, 0.15) is 0 Å². The Balaban J connectivity index is 2.06. The number of nitriles is 1. The maximum absolute atomic E-state index is 10.4. The summed E-state index contributed by atoms with van der Waals surface area (Å²) < 4.78 is 5.27. The minimum atomic E-state index is -0.685. The lowest BCUT2D eigenvalue weighted by atomic mass is 9.93. The number of nitrogens with zero attached hydrogens (tertiary/aromatic N) is 2. The number of likely N-dealkylation sites (N-methyl/N-ethyl adjacent to an activating group) is 1. The molecule has 1 fully saturated rings. The Morgan fingerprint density at radius 1 is 1.44 bits per heavy atom. The minimum absolute atomic E-state index is 0.561. The molecule has 4 nitrogen and oxygen atoms in total. The standard InChI is InChI=1S/C14H18N2O2/c1-16(11-14(17)5-7-18-8-6-14)13-4-2-3-12(9-13)10-15/h2-4,9,17H,5-8,11H2,1H3. The second-order valence-electron chi connectivity index (χ2n) is 4.85. The number of hydrogen-bond acceptors (Lipinski definition) is 4. The van der Waals surface area contributed by atoms with Crippen LogP contribution in [-0.4, -0.2) is 37.5 Å². The number of ether oxygens (including phenoxy) is 1. The van der Waals surface area contributed by atoms with Crippen molar-refractivity contribution in [3.8, 4) is 6.07 Å². The highest BCUT2D eigenvalue weighted by Crippen LogP contribution is 2.24. The lowest BCUT2D eigenvalue weighted by molar-refractivity contribution is -0.0572. The number of rotatable bonds is 3. The molecule has 1 saturated heterocycles. The summed E-state index contributed by atoms with van der Waals surface area (Å²) in [6.45, 7) is 1.79. The molecule has 1 aliphatic heterocycles. The number of aliphatic hydroxyl groups is 1. The molecular formula is C14H18N2O2. The summed E-state index contributed by atoms with van der Waals surface area (Å²) in [5, 5.41) is 19.3. The van der Waals surface area contributed by atoms with Crippen molar-refractivity contribution in [3.63, 3.8) is 0 Å². The molecule has 0 atom stereocenters. The molecule has 2 rings (SSSR count). The van der Waals surface area contributed by atoms with E-state index in [0.29, 0.717) is 38.2 Å². The predicted octanol–water partition coefficient (Wildman–Crippen LogP) is 1.54. The first-order valence-electron chi connectivity index (χ1n) is 6.14. The number of benzene rings is 1. The Morgan fingerprint density at radius 2 is 2.17 bits per heavy atom. The number of hydrogen-bond donors (Lipinski definition) is 1. The fourth-order valence-corrected chi connectivity index (χ4v) is 2.26. The molecule has 0 radical (unpaired) electrons. The van der Waals surface area contributed by atoms with Gasteiger partial charge in [0, 0.05) is 45.3 Å². The van der Waals surface area contributed by atoms with Crippen molar-refractivity contribution in [1.82, 2.24) is 0 Å². The maximum Gasteiger partial charge on any atom is 0.0992 e. The Bertz CT molecular complexity index is 447. The summed E-state index contributed by atoms with van der Waals surface area (Å²) in [5.74, 6) is 0. The SMILES string of the molecule is CN(CC1(O)CCOCC1)c1cccc(C#N)c1. The van der Waals surface area contributed by atoms with E-state index in [9.17, 15) is 5.11 Å². The average Bonchev–Trinajstić information content (AvgIpc) is 2.39. The molecule has 1 N–H and O–H groups in total. The van der Waals surface area contributed by atoms with Crippen molar-refractivity contribution in [2.75, 3.05) is 31.7 Å². The molecular weight excluding hydrogens is 228 g/mol. The lowest BCUT2D eigenvalue weighted by Crippen LogP contribution is -2.45. The summed E-state index contributed by atoms with van der Waals surface area (Å²) in [4.78, 5) is 1.99. The van der Waals surface area contributed by atoms with E-state index < -0.39 is 5.60 Å². The van der Waals surface area contributed by atoms with Gasteiger partial charge in [0.05, 0.1) is 17.2 Å². The highest BCUT2D eigenvalue weighted by atomic mass is 16.5. The van der Waals surface area contributed by atoms with Gasteiger partial charge in [-0.15, -0.1) is 0 Å². The van der Waals surface area contributed by atoms with Crippen LogP contribution in [0.5, 0.6) is 0 Å². The minimum Gasteiger partial charge on any atom is -0.388 e. The first-order valence-corrected chi connectivity index (χ1v) is 6.14. The summed E-state index contributed by atoms with van der Waals surface area (Å²) in [6.07, 6.45) is 1.32. The van der Waals surface area contributed by atoms with Crippen LogP contribution in [0, 0.1) is 11.3 Å². The molecule has 0 unspecified atom stereocenters. The molecule has 0 aromatic heterocycles. The Morgan fingerprint density at radius 3 is 2.83 bits per heavy atom. The van der Waals surface area contributed by atoms with E-state index in [-0.39, 0.29) is 0 Å². The third kappa shape index (κ3) is 3.00. The van der Waals surface area contributed by atoms with Gasteiger partial charge in [0.15, 0.2) is 0 Å². The van der Waals surface area contributed by atoms with E-state index in [2.05, 4.69) is 6.07 Å². The van der Waals surface area contributed by atoms with E-state index in [1.807, 2.05) is 30.1 Å². The molecule has 1 aromatic rings. The molecule has 4 heteroatoms. The fourth-order valence-electron chi connectivity index (χ4n) is 2.26. The summed E-state index contributed by atoms with van der Waals surface area (Å²) in [5.41, 5.74) is 0.905. The average molecular weight is 246 g/mol. The van der Waals surface area contributed by atoms with Gasteiger partial charge in [-0.05, 0) is 18.2 Å². The first kappa shape index (κ1) is 12.9. The zero-order chi connectivity index (χ0) is 13.0. The summed E-state index contributed by atoms with van der Waals surface area (Å²) >= 11 is 0. The second kappa shape index (κ2) is 5.38. The van der Waals surface area contributed by atoms with E-state index >= 15 is 0 Å². The highest BCUT2D eigenvalue weighted by molar-refractivity contribution is 5.51. The van der Waals surface area contributed by atoms with Crippen LogP contribution >= 0.6 is 0 Å². The van der Waals surface area contributed by atoms with Gasteiger partial charge in [-0.1, -0.05) is 6.07 Å². The van der Waals surface area contributed by atoms with Crippen LogP contribution in [0.1, 0.15) is 18.4 Å². The van der Waals surface area contributed by atoms with Crippen molar-refractivity contribution in [1.29, 1.82) is 5.26 Å². The van der Waals surface area contributed by atoms with Gasteiger partial charge >= 0.3 is 0 Å². The molecule has 0 saturated carbocycles. The molecule has 0 bridgehead atoms. The maximum atomic E-state index is 10.4. The fraction of sp³-hybridized carbons (Fsp3) is 0.500. The molecule has 0 spiro atoms. The van der Waals surface area contributed by atoms with E-state index in [4.69, 9.17) is 10.00 Å². The van der Waals surface area contributed by atoms with Gasteiger partial charge in [-0.2, -0.15) is 5.26 Å². The topological polar surface area (TPSA) is 56.5 Å². The van der Waals surface area contributed by atoms with Crippen LogP contribution in [0.3, 0.4) is 0 Å². The van der Waals surface area contributed by atoms with E-state index in [1.165, 1.54) is 0 Å². The van der Waals surface area contributed by atoms with Gasteiger partial charge < -0.3 is 14.7 Å². The largest absolute Gasteiger partial charge is 0.388 e. The van der Waals surface area contributed by atoms with Crippen LogP contribution < -0.4 is 4.90 Å². The molecule has 1 heterocycles. The normalized spacial score (nSPS) is 18.1. The van der Waals surface area contributed by atoms with Crippen LogP contribution in [-0.2, 0) is 4.74 Å². The van der Waals surface area contributed by atoms with Crippen molar-refractivity contribution in [2.24, 2.45) is 0 Å². The molecule has 0 amide bonds. The van der Waals surface area contributed by atoms with Gasteiger partial charge in [0.25, 0.3) is 0 Å². The summed E-state index contributed by atoms with van der Waals surface area (Å²) in [7, 11) is 1.93. The Kier molecular flexibility index (Phi) is 3.85. The van der Waals surface area contributed by atoms with E-state index in [1.54, 1.807) is 6.07 Å². The highest BCUT2D eigenvalue weighted by Gasteiger charge is 2.31. The van der Waals surface area contributed by atoms with Crippen molar-refractivity contribution in [3.05, 3.63) is 29.8 Å². The van der Waals surface area contributed by atoms with Crippen LogP contribution in [0.4, 0.5) is 5.69 Å². The molecule has 0 aliphatic carbocycles. The second-order valence-corrected chi connectivity index (χ2v) is 4.85. The third-order valence-electron chi connectivity index (χ3n) is 3.37. The van der Waals surface area contributed by atoms with Crippen LogP contribution in [0.25, 0.3) is 0 Å². The zero-order valence-corrected chi connectivity index (χ0v) is 10.6. The van der Waals surface area contributed by atoms with Crippen LogP contribution in [0.2, 0.25) is 0 Å². The molecule has 96 valence electrons. The van der Waals surface area contributed by atoms with Crippen molar-refractivity contribution in [2.45, 2.75) is 18.4 Å². The Labute approximate surface area is 107 Å².